The Morgan fingerprint density at radius 3 is 2.50 bits per heavy atom. The fraction of sp³-hybridized carbons (Fsp3) is 0.176. The highest BCUT2D eigenvalue weighted by Crippen LogP contribution is 2.27. The third-order valence-corrected chi connectivity index (χ3v) is 3.77. The van der Waals surface area contributed by atoms with Gasteiger partial charge in [-0.15, -0.1) is 0 Å². The second-order valence-electron chi connectivity index (χ2n) is 5.23. The largest absolute Gasteiger partial charge is 0.310 e. The highest BCUT2D eigenvalue weighted by molar-refractivity contribution is 5.82. The summed E-state index contributed by atoms with van der Waals surface area (Å²) >= 11 is 0. The molecule has 0 radical (unpaired) electrons. The van der Waals surface area contributed by atoms with E-state index < -0.39 is 11.6 Å². The Labute approximate surface area is 126 Å². The minimum Gasteiger partial charge on any atom is -0.310 e. The van der Waals surface area contributed by atoms with Crippen LogP contribution in [0.1, 0.15) is 11.1 Å². The van der Waals surface area contributed by atoms with Crippen molar-refractivity contribution in [3.63, 3.8) is 0 Å². The number of imidazole rings is 1. The Morgan fingerprint density at radius 1 is 1.09 bits per heavy atom. The van der Waals surface area contributed by atoms with Crippen LogP contribution in [-0.4, -0.2) is 9.55 Å². The van der Waals surface area contributed by atoms with Crippen molar-refractivity contribution in [2.75, 3.05) is 0 Å². The number of nitrogens with zero attached hydrogens (tertiary/aromatic N) is 3. The molecule has 0 saturated heterocycles. The van der Waals surface area contributed by atoms with E-state index in [9.17, 15) is 8.78 Å². The number of hydrogen-bond acceptors (Lipinski definition) is 2. The van der Waals surface area contributed by atoms with Gasteiger partial charge in [0.2, 0.25) is 0 Å². The molecule has 3 aromatic rings. The van der Waals surface area contributed by atoms with Crippen LogP contribution in [0.4, 0.5) is 8.78 Å². The number of fused-ring (bicyclic) bond motifs is 1. The minimum absolute atomic E-state index is 0.0906. The maximum absolute atomic E-state index is 13.5. The second-order valence-corrected chi connectivity index (χ2v) is 5.23. The molecule has 5 heteroatoms. The van der Waals surface area contributed by atoms with Gasteiger partial charge in [-0.05, 0) is 55.3 Å². The molecule has 0 aliphatic carbocycles. The van der Waals surface area contributed by atoms with Crippen molar-refractivity contribution in [2.24, 2.45) is 0 Å². The van der Waals surface area contributed by atoms with E-state index in [1.165, 1.54) is 6.07 Å². The van der Waals surface area contributed by atoms with E-state index in [4.69, 9.17) is 5.26 Å². The van der Waals surface area contributed by atoms with Crippen LogP contribution in [0.3, 0.4) is 0 Å². The van der Waals surface area contributed by atoms with Crippen LogP contribution >= 0.6 is 0 Å². The first-order chi connectivity index (χ1) is 10.5. The average molecular weight is 297 g/mol. The van der Waals surface area contributed by atoms with E-state index in [1.807, 2.05) is 26.0 Å². The van der Waals surface area contributed by atoms with Gasteiger partial charge in [-0.25, -0.2) is 13.8 Å². The van der Waals surface area contributed by atoms with Gasteiger partial charge in [-0.2, -0.15) is 5.26 Å². The van der Waals surface area contributed by atoms with Gasteiger partial charge < -0.3 is 4.57 Å². The van der Waals surface area contributed by atoms with Crippen LogP contribution in [0.25, 0.3) is 22.4 Å². The Balaban J connectivity index is 2.30. The SMILES string of the molecule is Cc1cc2nc(-c3ccc(F)c(F)c3)n(CC#N)c2cc1C. The third-order valence-electron chi connectivity index (χ3n) is 3.77. The molecule has 0 amide bonds. The summed E-state index contributed by atoms with van der Waals surface area (Å²) in [5, 5.41) is 9.06. The molecule has 0 fully saturated rings. The zero-order chi connectivity index (χ0) is 15.9. The average Bonchev–Trinajstić information content (AvgIpc) is 2.81. The fourth-order valence-electron chi connectivity index (χ4n) is 2.47. The first-order valence-electron chi connectivity index (χ1n) is 6.81. The minimum atomic E-state index is -0.930. The monoisotopic (exact) mass is 297 g/mol. The summed E-state index contributed by atoms with van der Waals surface area (Å²) < 4.78 is 28.3. The number of halogens is 2. The molecule has 2 aromatic carbocycles. The van der Waals surface area contributed by atoms with E-state index in [0.717, 1.165) is 34.3 Å². The Hall–Kier alpha value is -2.74. The van der Waals surface area contributed by atoms with Gasteiger partial charge in [-0.1, -0.05) is 0 Å². The zero-order valence-corrected chi connectivity index (χ0v) is 12.2. The summed E-state index contributed by atoms with van der Waals surface area (Å²) in [4.78, 5) is 4.50. The molecule has 1 aromatic heterocycles. The summed E-state index contributed by atoms with van der Waals surface area (Å²) in [6.07, 6.45) is 0. The first-order valence-corrected chi connectivity index (χ1v) is 6.81. The van der Waals surface area contributed by atoms with Crippen LogP contribution in [0.2, 0.25) is 0 Å². The van der Waals surface area contributed by atoms with Crippen molar-refractivity contribution in [3.8, 4) is 17.5 Å². The Kier molecular flexibility index (Phi) is 3.38. The van der Waals surface area contributed by atoms with Gasteiger partial charge in [-0.3, -0.25) is 0 Å². The van der Waals surface area contributed by atoms with E-state index >= 15 is 0 Å². The first kappa shape index (κ1) is 14.2. The van der Waals surface area contributed by atoms with Crippen LogP contribution < -0.4 is 0 Å². The van der Waals surface area contributed by atoms with Crippen molar-refractivity contribution in [3.05, 3.63) is 53.1 Å². The molecular formula is C17H13F2N3. The molecule has 0 N–H and O–H groups in total. The standard InChI is InChI=1S/C17H13F2N3/c1-10-7-15-16(8-11(10)2)22(6-5-20)17(21-15)12-3-4-13(18)14(19)9-12/h3-4,7-9H,6H2,1-2H3. The molecule has 0 bridgehead atoms. The van der Waals surface area contributed by atoms with E-state index in [2.05, 4.69) is 11.1 Å². The predicted molar refractivity (Wildman–Crippen MR) is 80.2 cm³/mol. The molecule has 3 nitrogen and oxygen atoms in total. The number of aryl methyl sites for hydroxylation is 2. The second kappa shape index (κ2) is 5.23. The predicted octanol–water partition coefficient (Wildman–Crippen LogP) is 4.12. The third kappa shape index (κ3) is 2.23. The van der Waals surface area contributed by atoms with E-state index in [0.29, 0.717) is 11.4 Å². The van der Waals surface area contributed by atoms with Crippen LogP contribution in [0.5, 0.6) is 0 Å². The van der Waals surface area contributed by atoms with Gasteiger partial charge in [0.15, 0.2) is 11.6 Å². The van der Waals surface area contributed by atoms with Crippen molar-refractivity contribution in [2.45, 2.75) is 20.4 Å². The lowest BCUT2D eigenvalue weighted by Crippen LogP contribution is -1.99. The summed E-state index contributed by atoms with van der Waals surface area (Å²) in [5.41, 5.74) is 4.16. The molecule has 0 spiro atoms. The molecule has 110 valence electrons. The van der Waals surface area contributed by atoms with Gasteiger partial charge in [0.05, 0.1) is 17.1 Å². The number of rotatable bonds is 2. The quantitative estimate of drug-likeness (QED) is 0.714. The highest BCUT2D eigenvalue weighted by atomic mass is 19.2. The molecule has 0 aliphatic heterocycles. The topological polar surface area (TPSA) is 41.6 Å². The van der Waals surface area contributed by atoms with Crippen molar-refractivity contribution in [1.29, 1.82) is 5.26 Å². The molecule has 0 atom stereocenters. The van der Waals surface area contributed by atoms with Crippen molar-refractivity contribution < 1.29 is 8.78 Å². The van der Waals surface area contributed by atoms with Gasteiger partial charge in [0, 0.05) is 5.56 Å². The Bertz CT molecular complexity index is 920. The zero-order valence-electron chi connectivity index (χ0n) is 12.2. The summed E-state index contributed by atoms with van der Waals surface area (Å²) in [5.74, 6) is -1.38. The Morgan fingerprint density at radius 2 is 1.82 bits per heavy atom. The number of hydrogen-bond donors (Lipinski definition) is 0. The molecular weight excluding hydrogens is 284 g/mol. The lowest BCUT2D eigenvalue weighted by molar-refractivity contribution is 0.509. The van der Waals surface area contributed by atoms with Crippen LogP contribution in [0.15, 0.2) is 30.3 Å². The molecule has 22 heavy (non-hydrogen) atoms. The summed E-state index contributed by atoms with van der Waals surface area (Å²) in [6.45, 7) is 4.05. The van der Waals surface area contributed by atoms with Gasteiger partial charge >= 0.3 is 0 Å². The maximum atomic E-state index is 13.5. The number of aromatic nitrogens is 2. The smallest absolute Gasteiger partial charge is 0.159 e. The molecule has 1 heterocycles. The van der Waals surface area contributed by atoms with Crippen molar-refractivity contribution >= 4 is 11.0 Å². The van der Waals surface area contributed by atoms with Crippen LogP contribution in [0, 0.1) is 36.8 Å². The van der Waals surface area contributed by atoms with Gasteiger partial charge in [0.25, 0.3) is 0 Å². The number of nitriles is 1. The number of benzene rings is 2. The van der Waals surface area contributed by atoms with Gasteiger partial charge in [0.1, 0.15) is 12.4 Å². The van der Waals surface area contributed by atoms with Crippen molar-refractivity contribution in [1.82, 2.24) is 9.55 Å². The fourth-order valence-corrected chi connectivity index (χ4v) is 2.47. The molecule has 0 saturated carbocycles. The van der Waals surface area contributed by atoms with Crippen LogP contribution in [-0.2, 0) is 6.54 Å². The lowest BCUT2D eigenvalue weighted by Gasteiger charge is -2.06. The van der Waals surface area contributed by atoms with E-state index in [1.54, 1.807) is 4.57 Å². The molecule has 3 rings (SSSR count). The molecule has 0 aliphatic rings. The maximum Gasteiger partial charge on any atom is 0.159 e. The summed E-state index contributed by atoms with van der Waals surface area (Å²) in [7, 11) is 0. The summed E-state index contributed by atoms with van der Waals surface area (Å²) in [6, 6.07) is 9.61. The lowest BCUT2D eigenvalue weighted by atomic mass is 10.1. The normalized spacial score (nSPS) is 10.9. The molecule has 0 unspecified atom stereocenters. The van der Waals surface area contributed by atoms with E-state index in [-0.39, 0.29) is 6.54 Å². The highest BCUT2D eigenvalue weighted by Gasteiger charge is 2.15.